The Morgan fingerprint density at radius 3 is 1.91 bits per heavy atom. The third-order valence-corrected chi connectivity index (χ3v) is 7.08. The number of anilines is 1. The van der Waals surface area contributed by atoms with Crippen LogP contribution in [0.1, 0.15) is 59.2 Å². The minimum atomic E-state index is -1.09. The number of benzene rings is 1. The summed E-state index contributed by atoms with van der Waals surface area (Å²) in [6.07, 6.45) is 4.46. The van der Waals surface area contributed by atoms with Crippen LogP contribution >= 0.6 is 0 Å². The van der Waals surface area contributed by atoms with Crippen LogP contribution in [0.25, 0.3) is 0 Å². The molecule has 0 radical (unpaired) electrons. The molecule has 0 saturated carbocycles. The van der Waals surface area contributed by atoms with Crippen LogP contribution in [-0.4, -0.2) is 126 Å². The lowest BCUT2D eigenvalue weighted by Crippen LogP contribution is -2.54. The van der Waals surface area contributed by atoms with E-state index in [1.165, 1.54) is 18.2 Å². The van der Waals surface area contributed by atoms with Crippen molar-refractivity contribution in [2.45, 2.75) is 44.6 Å². The molecule has 3 rings (SSSR count). The zero-order valence-corrected chi connectivity index (χ0v) is 26.3. The van der Waals surface area contributed by atoms with Crippen LogP contribution in [0.2, 0.25) is 0 Å². The van der Waals surface area contributed by atoms with Crippen molar-refractivity contribution in [3.63, 3.8) is 0 Å². The average molecular weight is 651 g/mol. The molecule has 256 valence electrons. The number of ether oxygens (including phenoxy) is 6. The van der Waals surface area contributed by atoms with Gasteiger partial charge in [0.1, 0.15) is 12.6 Å². The molecule has 1 aromatic carbocycles. The number of fused-ring (bicyclic) bond motifs is 1. The summed E-state index contributed by atoms with van der Waals surface area (Å²) in [5, 5.41) is 4.74. The number of piperidine rings is 1. The van der Waals surface area contributed by atoms with E-state index in [9.17, 15) is 24.0 Å². The molecular formula is C31H46N4O11. The Labute approximate surface area is 268 Å². The van der Waals surface area contributed by atoms with E-state index >= 15 is 0 Å². The summed E-state index contributed by atoms with van der Waals surface area (Å²) in [4.78, 5) is 63.1. The second-order valence-corrected chi connectivity index (χ2v) is 10.5. The lowest BCUT2D eigenvalue weighted by Gasteiger charge is -2.27. The van der Waals surface area contributed by atoms with Gasteiger partial charge in [0, 0.05) is 13.0 Å². The van der Waals surface area contributed by atoms with E-state index < -0.39 is 35.6 Å². The molecule has 1 unspecified atom stereocenters. The van der Waals surface area contributed by atoms with Crippen LogP contribution in [-0.2, 0) is 42.8 Å². The number of hydrogen-bond donors (Lipinski definition) is 3. The van der Waals surface area contributed by atoms with Crippen molar-refractivity contribution in [2.75, 3.05) is 91.1 Å². The van der Waals surface area contributed by atoms with Gasteiger partial charge in [-0.2, -0.15) is 0 Å². The first kappa shape index (κ1) is 37.2. The van der Waals surface area contributed by atoms with Gasteiger partial charge in [-0.05, 0) is 37.9 Å². The Bertz CT molecular complexity index is 1150. The maximum Gasteiger partial charge on any atom is 0.264 e. The highest BCUT2D eigenvalue weighted by Gasteiger charge is 2.45. The molecular weight excluding hydrogens is 604 g/mol. The van der Waals surface area contributed by atoms with Crippen LogP contribution in [0.5, 0.6) is 0 Å². The van der Waals surface area contributed by atoms with E-state index in [-0.39, 0.29) is 49.5 Å². The van der Waals surface area contributed by atoms with Crippen LogP contribution in [0.15, 0.2) is 18.2 Å². The van der Waals surface area contributed by atoms with Gasteiger partial charge in [-0.15, -0.1) is 0 Å². The van der Waals surface area contributed by atoms with Crippen molar-refractivity contribution in [3.8, 4) is 0 Å². The summed E-state index contributed by atoms with van der Waals surface area (Å²) < 4.78 is 32.6. The summed E-state index contributed by atoms with van der Waals surface area (Å²) in [5.41, 5.74) is 5.66. The number of nitrogens with one attached hydrogen (secondary N) is 2. The Balaban J connectivity index is 1.16. The standard InChI is InChI=1S/C31H46N4O11/c32-10-3-1-2-4-11-41-12-13-42-14-15-43-16-17-44-18-19-45-20-21-46-22-27(37)33-24-7-5-6-23-28(24)31(40)35(30(23)39)25-8-9-26(36)34-29(25)38/h5-7,25H,1-4,8-22,32H2,(H,33,37)(H,34,36,38). The summed E-state index contributed by atoms with van der Waals surface area (Å²) in [7, 11) is 0. The Kier molecular flexibility index (Phi) is 17.3. The zero-order valence-electron chi connectivity index (χ0n) is 26.3. The third-order valence-electron chi connectivity index (χ3n) is 7.08. The average Bonchev–Trinajstić information content (AvgIpc) is 3.29. The molecule has 0 spiro atoms. The van der Waals surface area contributed by atoms with E-state index in [1.54, 1.807) is 0 Å². The van der Waals surface area contributed by atoms with Crippen molar-refractivity contribution in [1.82, 2.24) is 10.2 Å². The van der Waals surface area contributed by atoms with E-state index in [1.807, 2.05) is 0 Å². The van der Waals surface area contributed by atoms with Crippen molar-refractivity contribution in [1.29, 1.82) is 0 Å². The van der Waals surface area contributed by atoms with E-state index in [0.29, 0.717) is 52.9 Å². The van der Waals surface area contributed by atoms with Gasteiger partial charge in [0.15, 0.2) is 0 Å². The quantitative estimate of drug-likeness (QED) is 0.0989. The summed E-state index contributed by atoms with van der Waals surface area (Å²) in [6, 6.07) is 3.37. The number of carbonyl (C=O) groups is 5. The first-order valence-electron chi connectivity index (χ1n) is 15.7. The van der Waals surface area contributed by atoms with Gasteiger partial charge in [-0.3, -0.25) is 34.2 Å². The highest BCUT2D eigenvalue weighted by Crippen LogP contribution is 2.32. The van der Waals surface area contributed by atoms with Gasteiger partial charge in [0.2, 0.25) is 17.7 Å². The number of amides is 5. The lowest BCUT2D eigenvalue weighted by atomic mass is 10.0. The molecule has 1 atom stereocenters. The van der Waals surface area contributed by atoms with Crippen molar-refractivity contribution in [3.05, 3.63) is 29.3 Å². The molecule has 15 heteroatoms. The summed E-state index contributed by atoms with van der Waals surface area (Å²) in [5.74, 6) is -3.05. The Hall–Kier alpha value is -3.31. The largest absolute Gasteiger partial charge is 0.379 e. The minimum absolute atomic E-state index is 0.00551. The number of unbranched alkanes of at least 4 members (excludes halogenated alkanes) is 3. The molecule has 15 nitrogen and oxygen atoms in total. The number of carbonyl (C=O) groups excluding carboxylic acids is 5. The monoisotopic (exact) mass is 650 g/mol. The Morgan fingerprint density at radius 2 is 1.33 bits per heavy atom. The molecule has 1 saturated heterocycles. The van der Waals surface area contributed by atoms with Crippen LogP contribution < -0.4 is 16.4 Å². The number of nitrogens with two attached hydrogens (primary N) is 1. The number of rotatable bonds is 25. The van der Waals surface area contributed by atoms with Gasteiger partial charge < -0.3 is 39.5 Å². The fraction of sp³-hybridized carbons (Fsp3) is 0.645. The number of hydrogen-bond acceptors (Lipinski definition) is 12. The molecule has 1 aromatic rings. The highest BCUT2D eigenvalue weighted by atomic mass is 16.6. The summed E-state index contributed by atoms with van der Waals surface area (Å²) >= 11 is 0. The summed E-state index contributed by atoms with van der Waals surface area (Å²) in [6.45, 7) is 5.29. The second-order valence-electron chi connectivity index (χ2n) is 10.5. The van der Waals surface area contributed by atoms with Crippen LogP contribution in [0, 0.1) is 0 Å². The normalized spacial score (nSPS) is 16.2. The molecule has 0 bridgehead atoms. The third kappa shape index (κ3) is 12.5. The smallest absolute Gasteiger partial charge is 0.264 e. The lowest BCUT2D eigenvalue weighted by molar-refractivity contribution is -0.136. The predicted molar refractivity (Wildman–Crippen MR) is 164 cm³/mol. The Morgan fingerprint density at radius 1 is 0.761 bits per heavy atom. The van der Waals surface area contributed by atoms with Crippen LogP contribution in [0.4, 0.5) is 5.69 Å². The van der Waals surface area contributed by atoms with Gasteiger partial charge in [-0.25, -0.2) is 0 Å². The van der Waals surface area contributed by atoms with Crippen molar-refractivity contribution < 1.29 is 52.4 Å². The topological polar surface area (TPSA) is 194 Å². The maximum atomic E-state index is 13.1. The van der Waals surface area contributed by atoms with Gasteiger partial charge in [0.25, 0.3) is 11.8 Å². The molecule has 2 heterocycles. The zero-order chi connectivity index (χ0) is 33.0. The van der Waals surface area contributed by atoms with Crippen molar-refractivity contribution >= 4 is 35.2 Å². The molecule has 0 aromatic heterocycles. The van der Waals surface area contributed by atoms with Gasteiger partial charge in [0.05, 0.1) is 82.9 Å². The molecule has 4 N–H and O–H groups in total. The second kappa shape index (κ2) is 21.5. The highest BCUT2D eigenvalue weighted by molar-refractivity contribution is 6.26. The molecule has 2 aliphatic heterocycles. The first-order chi connectivity index (χ1) is 22.4. The fourth-order valence-electron chi connectivity index (χ4n) is 4.77. The molecule has 0 aliphatic carbocycles. The maximum absolute atomic E-state index is 13.1. The fourth-order valence-corrected chi connectivity index (χ4v) is 4.77. The van der Waals surface area contributed by atoms with Gasteiger partial charge >= 0.3 is 0 Å². The molecule has 1 fully saturated rings. The van der Waals surface area contributed by atoms with E-state index in [2.05, 4.69) is 10.6 Å². The molecule has 46 heavy (non-hydrogen) atoms. The molecule has 2 aliphatic rings. The SMILES string of the molecule is NCCCCCCOCCOCCOCCOCCOCCOCC(=O)Nc1cccc2c1C(=O)N(C1CCC(=O)NC1=O)C2=O. The van der Waals surface area contributed by atoms with Crippen LogP contribution in [0.3, 0.4) is 0 Å². The van der Waals surface area contributed by atoms with E-state index in [0.717, 1.165) is 43.7 Å². The number of imide groups is 2. The minimum Gasteiger partial charge on any atom is -0.379 e. The van der Waals surface area contributed by atoms with Crippen molar-refractivity contribution in [2.24, 2.45) is 5.73 Å². The first-order valence-corrected chi connectivity index (χ1v) is 15.7. The number of nitrogens with zero attached hydrogens (tertiary/aromatic N) is 1. The van der Waals surface area contributed by atoms with E-state index in [4.69, 9.17) is 34.2 Å². The van der Waals surface area contributed by atoms with Gasteiger partial charge in [-0.1, -0.05) is 18.9 Å². The predicted octanol–water partition coefficient (Wildman–Crippen LogP) is 0.645. The molecule has 5 amide bonds.